The number of fused-ring (bicyclic) bond motifs is 2. The van der Waals surface area contributed by atoms with Crippen LogP contribution in [0.2, 0.25) is 5.02 Å². The lowest BCUT2D eigenvalue weighted by molar-refractivity contribution is -0.363. The van der Waals surface area contributed by atoms with E-state index in [2.05, 4.69) is 0 Å². The third-order valence-corrected chi connectivity index (χ3v) is 7.23. The lowest BCUT2D eigenvalue weighted by Crippen LogP contribution is -2.51. The van der Waals surface area contributed by atoms with Crippen LogP contribution in [0.4, 0.5) is 8.63 Å². The summed E-state index contributed by atoms with van der Waals surface area (Å²) < 4.78 is 40.3. The first-order chi connectivity index (χ1) is 14.6. The molecule has 4 rings (SSSR count). The fraction of sp³-hybridized carbons (Fsp3) is 0.375. The maximum atomic E-state index is 16.2. The Morgan fingerprint density at radius 1 is 1.10 bits per heavy atom. The molecule has 0 unspecified atom stereocenters. The molecule has 3 heterocycles. The summed E-state index contributed by atoms with van der Waals surface area (Å²) in [5.74, 6) is 0.562. The first-order valence-electron chi connectivity index (χ1n) is 10.8. The van der Waals surface area contributed by atoms with Crippen molar-refractivity contribution in [3.63, 3.8) is 0 Å². The third-order valence-electron chi connectivity index (χ3n) is 6.94. The topological polar surface area (TPSA) is 17.2 Å². The Labute approximate surface area is 187 Å². The van der Waals surface area contributed by atoms with Gasteiger partial charge in [0, 0.05) is 23.8 Å². The molecule has 1 aromatic carbocycles. The highest BCUT2D eigenvalue weighted by atomic mass is 35.5. The van der Waals surface area contributed by atoms with E-state index in [-0.39, 0.29) is 0 Å². The van der Waals surface area contributed by atoms with Gasteiger partial charge in [0.1, 0.15) is 11.5 Å². The van der Waals surface area contributed by atoms with Crippen LogP contribution in [0.15, 0.2) is 35.0 Å². The number of halogens is 3. The first kappa shape index (κ1) is 21.9. The summed E-state index contributed by atoms with van der Waals surface area (Å²) in [7, 11) is 1.57. The van der Waals surface area contributed by atoms with Gasteiger partial charge in [-0.3, -0.25) is 0 Å². The minimum absolute atomic E-state index is 0.460. The molecule has 0 atom stereocenters. The van der Waals surface area contributed by atoms with Crippen molar-refractivity contribution in [3.8, 4) is 5.75 Å². The molecule has 2 aliphatic heterocycles. The molecular weight excluding hydrogens is 417 g/mol. The number of benzene rings is 1. The molecule has 2 aromatic rings. The highest BCUT2D eigenvalue weighted by molar-refractivity contribution is 6.58. The standard InChI is InChI=1S/C24H28BClF2N2O/c1-8-18-13(3)23-22(17-10-11-21(31-7)20(26)12-17)24-14(4)19(9-2)16(6)30(24)25(27,28)29(23)15(18)5/h10-12H,8-9H2,1-7H3. The molecule has 0 N–H and O–H groups in total. The maximum absolute atomic E-state index is 16.2. The average Bonchev–Trinajstić information content (AvgIpc) is 3.13. The number of rotatable bonds is 4. The Morgan fingerprint density at radius 2 is 1.77 bits per heavy atom. The van der Waals surface area contributed by atoms with Gasteiger partial charge in [-0.1, -0.05) is 31.5 Å². The van der Waals surface area contributed by atoms with Gasteiger partial charge in [-0.25, -0.2) is 0 Å². The summed E-state index contributed by atoms with van der Waals surface area (Å²) in [5.41, 5.74) is 7.84. The number of methoxy groups -OCH3 is 1. The number of allylic oxidation sites excluding steroid dienone is 2. The second kappa shape index (κ2) is 7.37. The monoisotopic (exact) mass is 444 g/mol. The van der Waals surface area contributed by atoms with Crippen molar-refractivity contribution in [2.45, 2.75) is 54.4 Å². The van der Waals surface area contributed by atoms with Gasteiger partial charge in [0.25, 0.3) is 0 Å². The summed E-state index contributed by atoms with van der Waals surface area (Å²) in [5, 5.41) is 0.460. The van der Waals surface area contributed by atoms with Crippen LogP contribution in [0, 0.1) is 13.8 Å². The Bertz CT molecular complexity index is 1220. The van der Waals surface area contributed by atoms with Gasteiger partial charge in [0.05, 0.1) is 17.7 Å². The second-order valence-corrected chi connectivity index (χ2v) is 8.74. The van der Waals surface area contributed by atoms with E-state index < -0.39 is 6.97 Å². The Kier molecular flexibility index (Phi) is 5.20. The van der Waals surface area contributed by atoms with E-state index in [0.29, 0.717) is 46.4 Å². The van der Waals surface area contributed by atoms with Crippen molar-refractivity contribution in [2.24, 2.45) is 0 Å². The molecule has 0 saturated heterocycles. The van der Waals surface area contributed by atoms with Crippen molar-refractivity contribution < 1.29 is 17.9 Å². The van der Waals surface area contributed by atoms with Crippen LogP contribution < -0.4 is 4.74 Å². The Morgan fingerprint density at radius 3 is 2.32 bits per heavy atom. The van der Waals surface area contributed by atoms with Crippen molar-refractivity contribution in [3.05, 3.63) is 68.1 Å². The molecule has 2 aliphatic rings. The summed E-state index contributed by atoms with van der Waals surface area (Å²) in [4.78, 5) is 0. The molecule has 0 saturated carbocycles. The van der Waals surface area contributed by atoms with Gasteiger partial charge < -0.3 is 22.3 Å². The van der Waals surface area contributed by atoms with Crippen LogP contribution in [0.25, 0.3) is 5.57 Å². The van der Waals surface area contributed by atoms with Crippen molar-refractivity contribution in [2.75, 3.05) is 7.11 Å². The van der Waals surface area contributed by atoms with Gasteiger partial charge >= 0.3 is 6.97 Å². The zero-order valence-electron chi connectivity index (χ0n) is 19.2. The normalized spacial score (nSPS) is 17.5. The van der Waals surface area contributed by atoms with Gasteiger partial charge in [0.2, 0.25) is 0 Å². The van der Waals surface area contributed by atoms with Gasteiger partial charge in [-0.05, 0) is 68.1 Å². The van der Waals surface area contributed by atoms with Crippen molar-refractivity contribution in [1.82, 2.24) is 4.48 Å². The second-order valence-electron chi connectivity index (χ2n) is 8.33. The predicted molar refractivity (Wildman–Crippen MR) is 125 cm³/mol. The first-order valence-corrected chi connectivity index (χ1v) is 11.1. The molecule has 1 aromatic heterocycles. The lowest BCUT2D eigenvalue weighted by atomic mass is 9.83. The maximum Gasteiger partial charge on any atom is 0.737 e. The fourth-order valence-corrected chi connectivity index (χ4v) is 5.83. The smallest absolute Gasteiger partial charge is 0.495 e. The molecule has 0 fully saturated rings. The zero-order chi connectivity index (χ0) is 22.8. The Hall–Kier alpha value is -2.34. The van der Waals surface area contributed by atoms with Crippen molar-refractivity contribution in [1.29, 1.82) is 0 Å². The molecular formula is C24H28BClF2N2O. The van der Waals surface area contributed by atoms with E-state index in [1.165, 1.54) is 8.96 Å². The van der Waals surface area contributed by atoms with Crippen LogP contribution in [0.1, 0.15) is 62.2 Å². The minimum Gasteiger partial charge on any atom is -0.495 e. The lowest BCUT2D eigenvalue weighted by Gasteiger charge is -2.34. The highest BCUT2D eigenvalue weighted by Crippen LogP contribution is 2.47. The van der Waals surface area contributed by atoms with E-state index in [1.807, 2.05) is 39.8 Å². The summed E-state index contributed by atoms with van der Waals surface area (Å²) in [6, 6.07) is 5.53. The predicted octanol–water partition coefficient (Wildman–Crippen LogP) is 6.54. The summed E-state index contributed by atoms with van der Waals surface area (Å²) in [6.07, 6.45) is 1.40. The molecule has 0 spiro atoms. The Balaban J connectivity index is 2.20. The summed E-state index contributed by atoms with van der Waals surface area (Å²) in [6.45, 7) is 7.53. The molecule has 0 amide bonds. The molecule has 3 nitrogen and oxygen atoms in total. The van der Waals surface area contributed by atoms with Gasteiger partial charge in [0.15, 0.2) is 5.70 Å². The number of hydrogen-bond acceptors (Lipinski definition) is 1. The molecule has 164 valence electrons. The van der Waals surface area contributed by atoms with Crippen molar-refractivity contribution >= 4 is 29.9 Å². The van der Waals surface area contributed by atoms with E-state index >= 15 is 8.63 Å². The van der Waals surface area contributed by atoms with E-state index in [1.54, 1.807) is 27.0 Å². The fourth-order valence-electron chi connectivity index (χ4n) is 5.57. The molecule has 7 heteroatoms. The van der Waals surface area contributed by atoms with Crippen LogP contribution in [-0.2, 0) is 6.42 Å². The molecule has 31 heavy (non-hydrogen) atoms. The molecule has 0 aliphatic carbocycles. The van der Waals surface area contributed by atoms with Gasteiger partial charge in [-0.15, -0.1) is 0 Å². The highest BCUT2D eigenvalue weighted by Gasteiger charge is 2.56. The number of hydrogen-bond donors (Lipinski definition) is 0. The van der Waals surface area contributed by atoms with Gasteiger partial charge in [-0.2, -0.15) is 0 Å². The zero-order valence-corrected chi connectivity index (χ0v) is 19.9. The number of aromatic nitrogens is 1. The van der Waals surface area contributed by atoms with Crippen LogP contribution in [-0.4, -0.2) is 28.8 Å². The molecule has 0 bridgehead atoms. The van der Waals surface area contributed by atoms with E-state index in [4.69, 9.17) is 16.3 Å². The van der Waals surface area contributed by atoms with E-state index in [9.17, 15) is 0 Å². The number of ether oxygens (including phenoxy) is 1. The number of nitrogens with zero attached hydrogens (tertiary/aromatic N) is 2. The third kappa shape index (κ3) is 2.80. The van der Waals surface area contributed by atoms with Crippen LogP contribution in [0.3, 0.4) is 0 Å². The quantitative estimate of drug-likeness (QED) is 0.489. The molecule has 0 radical (unpaired) electrons. The van der Waals surface area contributed by atoms with E-state index in [0.717, 1.165) is 33.4 Å². The largest absolute Gasteiger partial charge is 0.737 e. The van der Waals surface area contributed by atoms with Crippen LogP contribution in [0.5, 0.6) is 5.75 Å². The minimum atomic E-state index is -4.02. The average molecular weight is 445 g/mol. The van der Waals surface area contributed by atoms with Crippen LogP contribution >= 0.6 is 11.6 Å². The summed E-state index contributed by atoms with van der Waals surface area (Å²) >= 11 is 6.47. The SMILES string of the molecule is CCC1=C(C)C2=C(c3ccc(OC)c(Cl)c3)c3c(C)c(CC)c(C)n3[B-](F)(F)[N+]2=C1C.